The van der Waals surface area contributed by atoms with Gasteiger partial charge in [-0.15, -0.1) is 0 Å². The number of hydrogen-bond acceptors (Lipinski definition) is 4. The number of alkyl halides is 3. The Labute approximate surface area is 113 Å². The largest absolute Gasteiger partial charge is 0.411 e. The second kappa shape index (κ2) is 6.77. The number of ether oxygens (including phenoxy) is 1. The Kier molecular flexibility index (Phi) is 5.34. The number of benzene rings is 1. The zero-order chi connectivity index (χ0) is 15.2. The number of hydrogen-bond donors (Lipinski definition) is 2. The Morgan fingerprint density at radius 1 is 1.45 bits per heavy atom. The van der Waals surface area contributed by atoms with Crippen molar-refractivity contribution >= 4 is 17.3 Å². The van der Waals surface area contributed by atoms with Crippen LogP contribution in [0.25, 0.3) is 0 Å². The summed E-state index contributed by atoms with van der Waals surface area (Å²) < 4.78 is 39.7. The molecule has 108 valence electrons. The molecule has 0 saturated heterocycles. The fourth-order valence-electron chi connectivity index (χ4n) is 1.31. The van der Waals surface area contributed by atoms with Crippen LogP contribution in [0.1, 0.15) is 12.0 Å². The highest BCUT2D eigenvalue weighted by atomic mass is 19.4. The van der Waals surface area contributed by atoms with Crippen LogP contribution in [-0.4, -0.2) is 25.3 Å². The third-order valence-corrected chi connectivity index (χ3v) is 2.19. The summed E-state index contributed by atoms with van der Waals surface area (Å²) in [6.45, 7) is -1.74. The van der Waals surface area contributed by atoms with Crippen molar-refractivity contribution in [3.8, 4) is 6.07 Å². The van der Waals surface area contributed by atoms with Crippen LogP contribution in [0.4, 0.5) is 24.5 Å². The molecule has 0 atom stereocenters. The van der Waals surface area contributed by atoms with Gasteiger partial charge in [0, 0.05) is 0 Å². The third kappa shape index (κ3) is 5.58. The van der Waals surface area contributed by atoms with Crippen LogP contribution in [0.3, 0.4) is 0 Å². The van der Waals surface area contributed by atoms with Gasteiger partial charge in [0.15, 0.2) is 0 Å². The molecule has 3 N–H and O–H groups in total. The van der Waals surface area contributed by atoms with E-state index in [0.717, 1.165) is 0 Å². The van der Waals surface area contributed by atoms with E-state index in [1.165, 1.54) is 18.2 Å². The van der Waals surface area contributed by atoms with Gasteiger partial charge < -0.3 is 15.8 Å². The molecule has 0 aliphatic rings. The summed E-state index contributed by atoms with van der Waals surface area (Å²) >= 11 is 0. The number of carbonyl (C=O) groups excluding carboxylic acids is 1. The number of nitrogens with zero attached hydrogens (tertiary/aromatic N) is 1. The molecule has 0 bridgehead atoms. The number of nitrogens with two attached hydrogens (primary N) is 1. The average Bonchev–Trinajstić information content (AvgIpc) is 2.36. The van der Waals surface area contributed by atoms with Crippen LogP contribution in [0, 0.1) is 11.3 Å². The molecule has 0 aliphatic heterocycles. The monoisotopic (exact) mass is 287 g/mol. The van der Waals surface area contributed by atoms with Gasteiger partial charge in [0.2, 0.25) is 5.91 Å². The fraction of sp³-hybridized carbons (Fsp3) is 0.333. The number of nitrogens with one attached hydrogen (secondary N) is 1. The molecule has 1 aromatic carbocycles. The zero-order valence-electron chi connectivity index (χ0n) is 10.3. The molecule has 20 heavy (non-hydrogen) atoms. The van der Waals surface area contributed by atoms with E-state index in [9.17, 15) is 18.0 Å². The second-order valence-electron chi connectivity index (χ2n) is 3.88. The third-order valence-electron chi connectivity index (χ3n) is 2.19. The second-order valence-corrected chi connectivity index (χ2v) is 3.88. The minimum absolute atomic E-state index is 0.202. The van der Waals surface area contributed by atoms with E-state index < -0.39 is 18.7 Å². The van der Waals surface area contributed by atoms with Gasteiger partial charge in [-0.2, -0.15) is 18.4 Å². The molecule has 0 aromatic heterocycles. The van der Waals surface area contributed by atoms with E-state index in [-0.39, 0.29) is 18.7 Å². The van der Waals surface area contributed by atoms with Crippen LogP contribution >= 0.6 is 0 Å². The number of rotatable bonds is 5. The van der Waals surface area contributed by atoms with Crippen molar-refractivity contribution in [1.29, 1.82) is 5.26 Å². The Balaban J connectivity index is 2.41. The first kappa shape index (κ1) is 15.8. The van der Waals surface area contributed by atoms with Crippen molar-refractivity contribution in [2.24, 2.45) is 0 Å². The quantitative estimate of drug-likeness (QED) is 0.640. The molecule has 0 aliphatic carbocycles. The highest BCUT2D eigenvalue weighted by molar-refractivity contribution is 5.94. The SMILES string of the molecule is N#Cc1ccc(NC(=O)CCOCC(F)(F)F)c(N)c1. The van der Waals surface area contributed by atoms with E-state index in [1.807, 2.05) is 6.07 Å². The highest BCUT2D eigenvalue weighted by Crippen LogP contribution is 2.19. The van der Waals surface area contributed by atoms with Gasteiger partial charge in [-0.25, -0.2) is 0 Å². The lowest BCUT2D eigenvalue weighted by Gasteiger charge is -2.09. The first-order chi connectivity index (χ1) is 9.31. The fourth-order valence-corrected chi connectivity index (χ4v) is 1.31. The number of nitrogen functional groups attached to an aromatic ring is 1. The number of anilines is 2. The number of carbonyl (C=O) groups is 1. The molecule has 0 heterocycles. The van der Waals surface area contributed by atoms with Crippen molar-refractivity contribution in [3.63, 3.8) is 0 Å². The van der Waals surface area contributed by atoms with Crippen molar-refractivity contribution in [3.05, 3.63) is 23.8 Å². The van der Waals surface area contributed by atoms with Crippen LogP contribution in [0.15, 0.2) is 18.2 Å². The van der Waals surface area contributed by atoms with Gasteiger partial charge in [0.1, 0.15) is 6.61 Å². The van der Waals surface area contributed by atoms with E-state index in [1.54, 1.807) is 0 Å². The predicted octanol–water partition coefficient (Wildman–Crippen LogP) is 2.05. The summed E-state index contributed by atoms with van der Waals surface area (Å²) in [7, 11) is 0. The lowest BCUT2D eigenvalue weighted by molar-refractivity contribution is -0.174. The molecule has 1 rings (SSSR count). The molecule has 0 radical (unpaired) electrons. The van der Waals surface area contributed by atoms with Crippen LogP contribution < -0.4 is 11.1 Å². The summed E-state index contributed by atoms with van der Waals surface area (Å²) in [5.41, 5.74) is 6.45. The summed E-state index contributed by atoms with van der Waals surface area (Å²) in [6.07, 6.45) is -4.64. The number of halogens is 3. The van der Waals surface area contributed by atoms with Crippen molar-refractivity contribution in [2.75, 3.05) is 24.3 Å². The number of amides is 1. The van der Waals surface area contributed by atoms with Gasteiger partial charge in [-0.05, 0) is 18.2 Å². The van der Waals surface area contributed by atoms with Crippen molar-refractivity contribution in [1.82, 2.24) is 0 Å². The van der Waals surface area contributed by atoms with E-state index in [2.05, 4.69) is 10.1 Å². The molecule has 5 nitrogen and oxygen atoms in total. The van der Waals surface area contributed by atoms with E-state index >= 15 is 0 Å². The smallest absolute Gasteiger partial charge is 0.397 e. The molecular formula is C12H12F3N3O2. The average molecular weight is 287 g/mol. The van der Waals surface area contributed by atoms with Crippen LogP contribution in [-0.2, 0) is 9.53 Å². The Morgan fingerprint density at radius 3 is 2.70 bits per heavy atom. The first-order valence-electron chi connectivity index (χ1n) is 5.56. The zero-order valence-corrected chi connectivity index (χ0v) is 10.3. The Hall–Kier alpha value is -2.27. The maximum absolute atomic E-state index is 11.8. The minimum atomic E-state index is -4.41. The van der Waals surface area contributed by atoms with E-state index in [4.69, 9.17) is 11.0 Å². The lowest BCUT2D eigenvalue weighted by Crippen LogP contribution is -2.20. The standard InChI is InChI=1S/C12H12F3N3O2/c13-12(14,15)7-20-4-3-11(19)18-10-2-1-8(6-16)5-9(10)17/h1-2,5H,3-4,7,17H2,(H,18,19). The molecule has 0 spiro atoms. The maximum Gasteiger partial charge on any atom is 0.411 e. The molecule has 1 aromatic rings. The highest BCUT2D eigenvalue weighted by Gasteiger charge is 2.27. The Morgan fingerprint density at radius 2 is 2.15 bits per heavy atom. The van der Waals surface area contributed by atoms with Gasteiger partial charge in [-0.3, -0.25) is 4.79 Å². The van der Waals surface area contributed by atoms with Gasteiger partial charge >= 0.3 is 6.18 Å². The van der Waals surface area contributed by atoms with Crippen LogP contribution in [0.5, 0.6) is 0 Å². The van der Waals surface area contributed by atoms with Gasteiger partial charge in [0.25, 0.3) is 0 Å². The summed E-state index contributed by atoms with van der Waals surface area (Å²) in [5, 5.41) is 11.1. The van der Waals surface area contributed by atoms with Gasteiger partial charge in [-0.1, -0.05) is 0 Å². The first-order valence-corrected chi connectivity index (χ1v) is 5.56. The molecule has 0 unspecified atom stereocenters. The molecular weight excluding hydrogens is 275 g/mol. The van der Waals surface area contributed by atoms with Crippen LogP contribution in [0.2, 0.25) is 0 Å². The molecule has 8 heteroatoms. The molecule has 0 saturated carbocycles. The topological polar surface area (TPSA) is 88.1 Å². The molecule has 1 amide bonds. The number of nitriles is 1. The summed E-state index contributed by atoms with van der Waals surface area (Å²) in [6, 6.07) is 6.18. The van der Waals surface area contributed by atoms with E-state index in [0.29, 0.717) is 11.3 Å². The minimum Gasteiger partial charge on any atom is -0.397 e. The summed E-state index contributed by atoms with van der Waals surface area (Å²) in [4.78, 5) is 11.5. The summed E-state index contributed by atoms with van der Waals surface area (Å²) in [5.74, 6) is -0.524. The van der Waals surface area contributed by atoms with Gasteiger partial charge in [0.05, 0.1) is 36.0 Å². The Bertz CT molecular complexity index is 524. The molecule has 0 fully saturated rings. The van der Waals surface area contributed by atoms with Crippen molar-refractivity contribution < 1.29 is 22.7 Å². The maximum atomic E-state index is 11.8. The predicted molar refractivity (Wildman–Crippen MR) is 65.7 cm³/mol. The van der Waals surface area contributed by atoms with Crippen molar-refractivity contribution in [2.45, 2.75) is 12.6 Å². The normalized spacial score (nSPS) is 10.9. The lowest BCUT2D eigenvalue weighted by atomic mass is 10.2.